The van der Waals surface area contributed by atoms with E-state index >= 15 is 0 Å². The van der Waals surface area contributed by atoms with Gasteiger partial charge in [-0.1, -0.05) is 0 Å². The maximum atomic E-state index is 11.1. The second-order valence-electron chi connectivity index (χ2n) is 4.68. The fourth-order valence-electron chi connectivity index (χ4n) is 2.29. The highest BCUT2D eigenvalue weighted by atomic mass is 16.8. The van der Waals surface area contributed by atoms with Crippen LogP contribution in [0.15, 0.2) is 0 Å². The van der Waals surface area contributed by atoms with E-state index < -0.39 is 30.6 Å². The molecule has 8 heteroatoms. The summed E-state index contributed by atoms with van der Waals surface area (Å²) in [5.74, 6) is -0.802. The van der Waals surface area contributed by atoms with Gasteiger partial charge in [0.05, 0.1) is 7.11 Å². The van der Waals surface area contributed by atoms with Crippen LogP contribution < -0.4 is 0 Å². The molecule has 1 saturated heterocycles. The Morgan fingerprint density at radius 2 is 2.05 bits per heavy atom. The molecule has 0 unspecified atom stereocenters. The number of hydrogen-bond acceptors (Lipinski definition) is 8. The Morgan fingerprint density at radius 3 is 2.52 bits per heavy atom. The van der Waals surface area contributed by atoms with Gasteiger partial charge in [-0.25, -0.2) is 4.79 Å². The first kappa shape index (κ1) is 17.7. The third-order valence-corrected chi connectivity index (χ3v) is 3.42. The second-order valence-corrected chi connectivity index (χ2v) is 4.68. The molecule has 0 saturated carbocycles. The molecule has 0 amide bonds. The molecule has 1 aliphatic rings. The number of ether oxygens (including phenoxy) is 5. The van der Waals surface area contributed by atoms with E-state index in [4.69, 9.17) is 18.9 Å². The minimum absolute atomic E-state index is 0.0545. The molecule has 0 radical (unpaired) electrons. The Kier molecular flexibility index (Phi) is 7.41. The third-order valence-electron chi connectivity index (χ3n) is 3.42. The number of hydrogen-bond donors (Lipinski definition) is 1. The lowest BCUT2D eigenvalue weighted by atomic mass is 9.90. The highest BCUT2D eigenvalue weighted by Crippen LogP contribution is 2.27. The van der Waals surface area contributed by atoms with E-state index in [1.807, 2.05) is 0 Å². The molecule has 8 nitrogen and oxygen atoms in total. The average Bonchev–Trinajstić information content (AvgIpc) is 2.90. The van der Waals surface area contributed by atoms with Crippen molar-refractivity contribution in [2.75, 3.05) is 27.9 Å². The maximum Gasteiger partial charge on any atom is 0.508 e. The molecule has 1 fully saturated rings. The second kappa shape index (κ2) is 8.81. The Bertz CT molecular complexity index is 341. The summed E-state index contributed by atoms with van der Waals surface area (Å²) in [5, 5.41) is 10.3. The first-order valence-corrected chi connectivity index (χ1v) is 6.67. The quantitative estimate of drug-likeness (QED) is 0.484. The van der Waals surface area contributed by atoms with Gasteiger partial charge in [0.2, 0.25) is 0 Å². The normalized spacial score (nSPS) is 20.8. The Labute approximate surface area is 123 Å². The van der Waals surface area contributed by atoms with Crippen LogP contribution in [0.3, 0.4) is 0 Å². The molecule has 0 aliphatic carbocycles. The highest BCUT2D eigenvalue weighted by Gasteiger charge is 2.40. The van der Waals surface area contributed by atoms with Crippen LogP contribution in [0.4, 0.5) is 4.79 Å². The van der Waals surface area contributed by atoms with Crippen molar-refractivity contribution in [3.05, 3.63) is 0 Å². The largest absolute Gasteiger partial charge is 0.508 e. The van der Waals surface area contributed by atoms with Crippen molar-refractivity contribution in [2.24, 2.45) is 5.92 Å². The van der Waals surface area contributed by atoms with Crippen LogP contribution in [0.25, 0.3) is 0 Å². The van der Waals surface area contributed by atoms with Crippen LogP contribution in [0.5, 0.6) is 0 Å². The van der Waals surface area contributed by atoms with Crippen LogP contribution in [0, 0.1) is 5.92 Å². The molecular weight excluding hydrogens is 284 g/mol. The van der Waals surface area contributed by atoms with Crippen molar-refractivity contribution in [1.82, 2.24) is 0 Å². The van der Waals surface area contributed by atoms with Crippen LogP contribution >= 0.6 is 0 Å². The zero-order chi connectivity index (χ0) is 15.8. The van der Waals surface area contributed by atoms with Gasteiger partial charge < -0.3 is 28.8 Å². The first-order valence-electron chi connectivity index (χ1n) is 6.67. The van der Waals surface area contributed by atoms with Crippen molar-refractivity contribution in [2.45, 2.75) is 37.8 Å². The number of cyclic esters (lactones) is 2. The van der Waals surface area contributed by atoms with Crippen molar-refractivity contribution >= 4 is 12.1 Å². The maximum absolute atomic E-state index is 11.1. The number of aliphatic hydroxyl groups excluding tert-OH is 1. The fraction of sp³-hybridized carbons (Fsp3) is 0.846. The van der Waals surface area contributed by atoms with Crippen molar-refractivity contribution < 1.29 is 38.4 Å². The first-order chi connectivity index (χ1) is 10.0. The number of carbonyl (C=O) groups excluding carboxylic acids is 2. The van der Waals surface area contributed by atoms with Crippen LogP contribution in [0.1, 0.15) is 19.3 Å². The van der Waals surface area contributed by atoms with E-state index in [-0.39, 0.29) is 19.0 Å². The summed E-state index contributed by atoms with van der Waals surface area (Å²) < 4.78 is 24.4. The lowest BCUT2D eigenvalue weighted by Gasteiger charge is -2.30. The van der Waals surface area contributed by atoms with Gasteiger partial charge in [0.15, 0.2) is 6.29 Å². The predicted molar refractivity (Wildman–Crippen MR) is 69.4 cm³/mol. The highest BCUT2D eigenvalue weighted by molar-refractivity contribution is 5.69. The summed E-state index contributed by atoms with van der Waals surface area (Å²) >= 11 is 0. The fourth-order valence-corrected chi connectivity index (χ4v) is 2.29. The Hall–Kier alpha value is -1.38. The van der Waals surface area contributed by atoms with E-state index in [9.17, 15) is 14.7 Å². The van der Waals surface area contributed by atoms with Gasteiger partial charge in [0, 0.05) is 26.6 Å². The molecule has 1 rings (SSSR count). The molecule has 0 aromatic carbocycles. The van der Waals surface area contributed by atoms with Crippen molar-refractivity contribution in [3.63, 3.8) is 0 Å². The summed E-state index contributed by atoms with van der Waals surface area (Å²) in [6.07, 6.45) is -2.12. The van der Waals surface area contributed by atoms with Gasteiger partial charge in [-0.15, -0.1) is 0 Å². The van der Waals surface area contributed by atoms with Gasteiger partial charge in [-0.3, -0.25) is 4.79 Å². The van der Waals surface area contributed by atoms with Gasteiger partial charge in [0.1, 0.15) is 18.8 Å². The third kappa shape index (κ3) is 5.14. The summed E-state index contributed by atoms with van der Waals surface area (Å²) in [4.78, 5) is 22.2. The minimum atomic E-state index is -1.02. The van der Waals surface area contributed by atoms with E-state index in [0.717, 1.165) is 0 Å². The lowest BCUT2D eigenvalue weighted by molar-refractivity contribution is -0.188. The Balaban J connectivity index is 2.65. The van der Waals surface area contributed by atoms with Crippen molar-refractivity contribution in [3.8, 4) is 0 Å². The van der Waals surface area contributed by atoms with Crippen LogP contribution in [-0.2, 0) is 28.5 Å². The molecular formula is C13H22O8. The topological polar surface area (TPSA) is 101 Å². The number of methoxy groups -OCH3 is 3. The van der Waals surface area contributed by atoms with E-state index in [1.165, 1.54) is 21.3 Å². The Morgan fingerprint density at radius 1 is 1.38 bits per heavy atom. The van der Waals surface area contributed by atoms with Gasteiger partial charge in [-0.05, 0) is 12.8 Å². The molecule has 0 bridgehead atoms. The summed E-state index contributed by atoms with van der Waals surface area (Å²) in [7, 11) is 4.12. The van der Waals surface area contributed by atoms with Gasteiger partial charge in [-0.2, -0.15) is 0 Å². The van der Waals surface area contributed by atoms with Gasteiger partial charge in [0.25, 0.3) is 0 Å². The minimum Gasteiger partial charge on any atom is -0.469 e. The molecule has 1 aliphatic heterocycles. The van der Waals surface area contributed by atoms with Crippen LogP contribution in [0.2, 0.25) is 0 Å². The van der Waals surface area contributed by atoms with Crippen LogP contribution in [-0.4, -0.2) is 63.7 Å². The molecule has 3 atom stereocenters. The summed E-state index contributed by atoms with van der Waals surface area (Å²) in [5.41, 5.74) is 0. The molecule has 1 heterocycles. The average molecular weight is 306 g/mol. The summed E-state index contributed by atoms with van der Waals surface area (Å²) in [6.45, 7) is 0.0545. The number of carbonyl (C=O) groups is 2. The number of aliphatic hydroxyl groups is 1. The number of esters is 1. The summed E-state index contributed by atoms with van der Waals surface area (Å²) in [6, 6.07) is 0. The SMILES string of the molecule is COC(=O)CCC[C@H]([C@@H]1COC(=O)O1)[C@@H](O)C(OC)OC. The van der Waals surface area contributed by atoms with Crippen molar-refractivity contribution in [1.29, 1.82) is 0 Å². The molecule has 0 spiro atoms. The molecule has 1 N–H and O–H groups in total. The number of rotatable bonds is 9. The zero-order valence-corrected chi connectivity index (χ0v) is 12.4. The molecule has 0 aromatic rings. The predicted octanol–water partition coefficient (Wildman–Crippen LogP) is 0.461. The lowest BCUT2D eigenvalue weighted by Crippen LogP contribution is -2.42. The van der Waals surface area contributed by atoms with E-state index in [1.54, 1.807) is 0 Å². The van der Waals surface area contributed by atoms with E-state index in [2.05, 4.69) is 4.74 Å². The standard InChI is InChI=1S/C13H22O8/c1-17-10(14)6-4-5-8(9-7-20-13(16)21-9)11(15)12(18-2)19-3/h8-9,11-12,15H,4-7H2,1-3H3/t8-,9+,11-/m1/s1. The smallest absolute Gasteiger partial charge is 0.469 e. The zero-order valence-electron chi connectivity index (χ0n) is 12.4. The van der Waals surface area contributed by atoms with E-state index in [0.29, 0.717) is 12.8 Å². The molecule has 122 valence electrons. The molecule has 21 heavy (non-hydrogen) atoms. The monoisotopic (exact) mass is 306 g/mol. The molecule has 0 aromatic heterocycles. The van der Waals surface area contributed by atoms with Gasteiger partial charge >= 0.3 is 12.1 Å².